The zero-order chi connectivity index (χ0) is 12.9. The van der Waals surface area contributed by atoms with E-state index in [2.05, 4.69) is 10.2 Å². The molecule has 1 atom stereocenters. The molecule has 1 saturated heterocycles. The van der Waals surface area contributed by atoms with Crippen molar-refractivity contribution in [2.24, 2.45) is 11.8 Å². The zero-order valence-electron chi connectivity index (χ0n) is 12.3. The van der Waals surface area contributed by atoms with E-state index in [1.807, 2.05) is 0 Å². The van der Waals surface area contributed by atoms with Crippen LogP contribution in [-0.2, 0) is 4.74 Å². The van der Waals surface area contributed by atoms with Gasteiger partial charge in [-0.15, -0.1) is 0 Å². The Morgan fingerprint density at radius 1 is 1.05 bits per heavy atom. The van der Waals surface area contributed by atoms with E-state index in [4.69, 9.17) is 4.74 Å². The first-order valence-electron chi connectivity index (χ1n) is 8.45. The fourth-order valence-electron chi connectivity index (χ4n) is 3.63. The molecule has 3 heteroatoms. The first-order valence-corrected chi connectivity index (χ1v) is 8.45. The van der Waals surface area contributed by atoms with E-state index in [0.29, 0.717) is 0 Å². The number of piperazine rings is 1. The van der Waals surface area contributed by atoms with E-state index < -0.39 is 0 Å². The summed E-state index contributed by atoms with van der Waals surface area (Å²) in [4.78, 5) is 2.61. The monoisotopic (exact) mass is 266 g/mol. The van der Waals surface area contributed by atoms with Crippen molar-refractivity contribution in [2.75, 3.05) is 39.4 Å². The summed E-state index contributed by atoms with van der Waals surface area (Å²) in [6.07, 6.45) is 10.1. The van der Waals surface area contributed by atoms with Crippen LogP contribution in [0.5, 0.6) is 0 Å². The smallest absolute Gasteiger partial charge is 0.0593 e. The Balaban J connectivity index is 1.34. The van der Waals surface area contributed by atoms with Gasteiger partial charge in [0.25, 0.3) is 0 Å². The molecule has 3 aliphatic rings. The lowest BCUT2D eigenvalue weighted by molar-refractivity contribution is 0.0761. The SMILES string of the molecule is C1CCC(C2CN(CCOCC3CC3)CCN2)CC1. The molecule has 0 aromatic heterocycles. The van der Waals surface area contributed by atoms with Crippen LogP contribution in [0.2, 0.25) is 0 Å². The normalized spacial score (nSPS) is 30.6. The molecule has 19 heavy (non-hydrogen) atoms. The van der Waals surface area contributed by atoms with Crippen LogP contribution in [-0.4, -0.2) is 50.3 Å². The minimum absolute atomic E-state index is 0.748. The summed E-state index contributed by atoms with van der Waals surface area (Å²) in [5.41, 5.74) is 0. The van der Waals surface area contributed by atoms with Crippen LogP contribution in [0.25, 0.3) is 0 Å². The van der Waals surface area contributed by atoms with Gasteiger partial charge in [-0.2, -0.15) is 0 Å². The van der Waals surface area contributed by atoms with Crippen molar-refractivity contribution in [1.29, 1.82) is 0 Å². The third kappa shape index (κ3) is 4.44. The number of nitrogens with zero attached hydrogens (tertiary/aromatic N) is 1. The summed E-state index contributed by atoms with van der Waals surface area (Å²) in [5.74, 6) is 1.84. The predicted molar refractivity (Wildman–Crippen MR) is 78.3 cm³/mol. The average Bonchev–Trinajstić information content (AvgIpc) is 3.29. The molecule has 3 fully saturated rings. The van der Waals surface area contributed by atoms with E-state index in [9.17, 15) is 0 Å². The Labute approximate surface area is 118 Å². The lowest BCUT2D eigenvalue weighted by Crippen LogP contribution is -2.54. The molecular formula is C16H30N2O. The molecule has 1 heterocycles. The topological polar surface area (TPSA) is 24.5 Å². The molecule has 110 valence electrons. The van der Waals surface area contributed by atoms with Crippen LogP contribution in [0.4, 0.5) is 0 Å². The van der Waals surface area contributed by atoms with Gasteiger partial charge in [-0.1, -0.05) is 19.3 Å². The fraction of sp³-hybridized carbons (Fsp3) is 1.00. The van der Waals surface area contributed by atoms with Crippen LogP contribution in [0.1, 0.15) is 44.9 Å². The number of hydrogen-bond acceptors (Lipinski definition) is 3. The molecular weight excluding hydrogens is 236 g/mol. The third-order valence-electron chi connectivity index (χ3n) is 5.11. The molecule has 3 rings (SSSR count). The third-order valence-corrected chi connectivity index (χ3v) is 5.11. The largest absolute Gasteiger partial charge is 0.380 e. The fourth-order valence-corrected chi connectivity index (χ4v) is 3.63. The molecule has 1 unspecified atom stereocenters. The maximum absolute atomic E-state index is 5.78. The van der Waals surface area contributed by atoms with Crippen LogP contribution >= 0.6 is 0 Å². The number of hydrogen-bond donors (Lipinski definition) is 1. The lowest BCUT2D eigenvalue weighted by atomic mass is 9.83. The van der Waals surface area contributed by atoms with Gasteiger partial charge < -0.3 is 10.1 Å². The molecule has 0 aromatic rings. The minimum Gasteiger partial charge on any atom is -0.380 e. The highest BCUT2D eigenvalue weighted by Gasteiger charge is 2.27. The minimum atomic E-state index is 0.748. The van der Waals surface area contributed by atoms with Crippen molar-refractivity contribution in [3.05, 3.63) is 0 Å². The summed E-state index contributed by atoms with van der Waals surface area (Å²) in [5, 5.41) is 3.75. The van der Waals surface area contributed by atoms with Crippen LogP contribution in [0, 0.1) is 11.8 Å². The Morgan fingerprint density at radius 3 is 2.68 bits per heavy atom. The van der Waals surface area contributed by atoms with Gasteiger partial charge in [-0.25, -0.2) is 0 Å². The Bertz CT molecular complexity index is 261. The van der Waals surface area contributed by atoms with Gasteiger partial charge in [0.1, 0.15) is 0 Å². The van der Waals surface area contributed by atoms with Crippen molar-refractivity contribution >= 4 is 0 Å². The predicted octanol–water partition coefficient (Wildman–Crippen LogP) is 2.27. The zero-order valence-corrected chi connectivity index (χ0v) is 12.3. The highest BCUT2D eigenvalue weighted by Crippen LogP contribution is 2.29. The van der Waals surface area contributed by atoms with Crippen LogP contribution in [0.15, 0.2) is 0 Å². The first-order chi connectivity index (χ1) is 9.42. The molecule has 2 saturated carbocycles. The number of rotatable bonds is 6. The van der Waals surface area contributed by atoms with Crippen molar-refractivity contribution in [1.82, 2.24) is 10.2 Å². The maximum atomic E-state index is 5.78. The van der Waals surface area contributed by atoms with E-state index in [1.54, 1.807) is 0 Å². The van der Waals surface area contributed by atoms with E-state index in [-0.39, 0.29) is 0 Å². The molecule has 0 spiro atoms. The molecule has 1 aliphatic heterocycles. The van der Waals surface area contributed by atoms with Crippen molar-refractivity contribution in [2.45, 2.75) is 51.0 Å². The molecule has 2 aliphatic carbocycles. The van der Waals surface area contributed by atoms with Crippen LogP contribution in [0.3, 0.4) is 0 Å². The van der Waals surface area contributed by atoms with Gasteiger partial charge in [0.2, 0.25) is 0 Å². The van der Waals surface area contributed by atoms with Gasteiger partial charge in [-0.3, -0.25) is 4.90 Å². The highest BCUT2D eigenvalue weighted by molar-refractivity contribution is 4.85. The first kappa shape index (κ1) is 13.8. The van der Waals surface area contributed by atoms with E-state index in [1.165, 1.54) is 64.6 Å². The second-order valence-electron chi connectivity index (χ2n) is 6.78. The number of nitrogens with one attached hydrogen (secondary N) is 1. The van der Waals surface area contributed by atoms with Gasteiger partial charge in [0.05, 0.1) is 6.61 Å². The summed E-state index contributed by atoms with van der Waals surface area (Å²) in [7, 11) is 0. The second-order valence-corrected chi connectivity index (χ2v) is 6.78. The van der Waals surface area contributed by atoms with Crippen molar-refractivity contribution < 1.29 is 4.74 Å². The summed E-state index contributed by atoms with van der Waals surface area (Å²) in [6.45, 7) is 6.71. The summed E-state index contributed by atoms with van der Waals surface area (Å²) in [6, 6.07) is 0.748. The molecule has 0 bridgehead atoms. The second kappa shape index (κ2) is 7.05. The van der Waals surface area contributed by atoms with E-state index >= 15 is 0 Å². The Morgan fingerprint density at radius 2 is 1.89 bits per heavy atom. The average molecular weight is 266 g/mol. The van der Waals surface area contributed by atoms with Gasteiger partial charge in [0, 0.05) is 38.8 Å². The quantitative estimate of drug-likeness (QED) is 0.746. The molecule has 0 radical (unpaired) electrons. The van der Waals surface area contributed by atoms with Gasteiger partial charge in [0.15, 0.2) is 0 Å². The number of ether oxygens (including phenoxy) is 1. The maximum Gasteiger partial charge on any atom is 0.0593 e. The van der Waals surface area contributed by atoms with Gasteiger partial charge in [-0.05, 0) is 37.5 Å². The van der Waals surface area contributed by atoms with Crippen molar-refractivity contribution in [3.8, 4) is 0 Å². The summed E-state index contributed by atoms with van der Waals surface area (Å²) >= 11 is 0. The molecule has 0 amide bonds. The Hall–Kier alpha value is -0.120. The highest BCUT2D eigenvalue weighted by atomic mass is 16.5. The summed E-state index contributed by atoms with van der Waals surface area (Å²) < 4.78 is 5.78. The molecule has 1 N–H and O–H groups in total. The lowest BCUT2D eigenvalue weighted by Gasteiger charge is -2.39. The van der Waals surface area contributed by atoms with E-state index in [0.717, 1.165) is 37.6 Å². The Kier molecular flexibility index (Phi) is 5.14. The molecule has 0 aromatic carbocycles. The van der Waals surface area contributed by atoms with Gasteiger partial charge >= 0.3 is 0 Å². The standard InChI is InChI=1S/C16H30N2O/c1-2-4-15(5-3-1)16-12-18(9-8-17-16)10-11-19-13-14-6-7-14/h14-17H,1-13H2. The van der Waals surface area contributed by atoms with Crippen molar-refractivity contribution in [3.63, 3.8) is 0 Å². The van der Waals surface area contributed by atoms with Crippen LogP contribution < -0.4 is 5.32 Å². The molecule has 3 nitrogen and oxygen atoms in total.